The van der Waals surface area contributed by atoms with Gasteiger partial charge in [-0.3, -0.25) is 0 Å². The first-order chi connectivity index (χ1) is 8.92. The van der Waals surface area contributed by atoms with Crippen LogP contribution >= 0.6 is 0 Å². The summed E-state index contributed by atoms with van der Waals surface area (Å²) in [4.78, 5) is 5.11. The van der Waals surface area contributed by atoms with E-state index in [2.05, 4.69) is 10.1 Å². The Kier molecular flexibility index (Phi) is 3.50. The molecule has 0 amide bonds. The van der Waals surface area contributed by atoms with Crippen LogP contribution in [-0.4, -0.2) is 34.8 Å². The second-order valence-corrected chi connectivity index (χ2v) is 4.33. The zero-order valence-electron chi connectivity index (χ0n) is 9.93. The van der Waals surface area contributed by atoms with Crippen LogP contribution in [0.4, 0.5) is 19.0 Å². The Morgan fingerprint density at radius 2 is 2.21 bits per heavy atom. The SMILES string of the molecule is N/C(=N/O)c1cccnc1N(CC(F)(F)F)C1CC1. The monoisotopic (exact) mass is 274 g/mol. The van der Waals surface area contributed by atoms with Gasteiger partial charge in [-0.2, -0.15) is 13.2 Å². The Hall–Kier alpha value is -1.99. The van der Waals surface area contributed by atoms with Gasteiger partial charge in [-0.1, -0.05) is 5.16 Å². The van der Waals surface area contributed by atoms with E-state index in [1.54, 1.807) is 0 Å². The van der Waals surface area contributed by atoms with Gasteiger partial charge in [-0.25, -0.2) is 4.98 Å². The number of oxime groups is 1. The summed E-state index contributed by atoms with van der Waals surface area (Å²) >= 11 is 0. The fraction of sp³-hybridized carbons (Fsp3) is 0.455. The molecule has 1 saturated carbocycles. The van der Waals surface area contributed by atoms with E-state index in [0.717, 1.165) is 4.90 Å². The molecule has 8 heteroatoms. The number of hydrogen-bond donors (Lipinski definition) is 2. The van der Waals surface area contributed by atoms with Crippen LogP contribution in [0, 0.1) is 0 Å². The Morgan fingerprint density at radius 1 is 1.53 bits per heavy atom. The van der Waals surface area contributed by atoms with Crippen LogP contribution in [0.2, 0.25) is 0 Å². The number of pyridine rings is 1. The largest absolute Gasteiger partial charge is 0.409 e. The third-order valence-corrected chi connectivity index (χ3v) is 2.78. The predicted molar refractivity (Wildman–Crippen MR) is 63.2 cm³/mol. The summed E-state index contributed by atoms with van der Waals surface area (Å²) < 4.78 is 37.8. The molecule has 3 N–H and O–H groups in total. The molecule has 1 aliphatic carbocycles. The second kappa shape index (κ2) is 4.94. The first kappa shape index (κ1) is 13.4. The van der Waals surface area contributed by atoms with Crippen molar-refractivity contribution >= 4 is 11.7 Å². The number of aromatic nitrogens is 1. The molecule has 0 radical (unpaired) electrons. The first-order valence-electron chi connectivity index (χ1n) is 5.68. The summed E-state index contributed by atoms with van der Waals surface area (Å²) in [5.74, 6) is -0.159. The van der Waals surface area contributed by atoms with Gasteiger partial charge in [0.2, 0.25) is 0 Å². The lowest BCUT2D eigenvalue weighted by Gasteiger charge is -2.26. The van der Waals surface area contributed by atoms with E-state index >= 15 is 0 Å². The predicted octanol–water partition coefficient (Wildman–Crippen LogP) is 1.71. The number of hydrogen-bond acceptors (Lipinski definition) is 4. The number of anilines is 1. The molecule has 1 aromatic rings. The van der Waals surface area contributed by atoms with Crippen molar-refractivity contribution in [2.24, 2.45) is 10.9 Å². The highest BCUT2D eigenvalue weighted by atomic mass is 19.4. The molecule has 19 heavy (non-hydrogen) atoms. The van der Waals surface area contributed by atoms with Gasteiger partial charge in [0, 0.05) is 12.2 Å². The van der Waals surface area contributed by atoms with Gasteiger partial charge in [-0.05, 0) is 25.0 Å². The van der Waals surface area contributed by atoms with Crippen LogP contribution in [0.1, 0.15) is 18.4 Å². The lowest BCUT2D eigenvalue weighted by molar-refractivity contribution is -0.120. The summed E-state index contributed by atoms with van der Waals surface area (Å²) in [5, 5.41) is 11.5. The van der Waals surface area contributed by atoms with E-state index in [1.165, 1.54) is 18.3 Å². The molecule has 0 unspecified atom stereocenters. The number of rotatable bonds is 4. The van der Waals surface area contributed by atoms with Crippen molar-refractivity contribution in [1.29, 1.82) is 0 Å². The Balaban J connectivity index is 2.37. The maximum Gasteiger partial charge on any atom is 0.405 e. The third-order valence-electron chi connectivity index (χ3n) is 2.78. The van der Waals surface area contributed by atoms with Crippen LogP contribution in [0.3, 0.4) is 0 Å². The average Bonchev–Trinajstić information content (AvgIpc) is 3.18. The number of amidine groups is 1. The molecule has 1 fully saturated rings. The highest BCUT2D eigenvalue weighted by Crippen LogP contribution is 2.34. The topological polar surface area (TPSA) is 74.7 Å². The molecule has 0 aromatic carbocycles. The quantitative estimate of drug-likeness (QED) is 0.379. The Morgan fingerprint density at radius 3 is 2.74 bits per heavy atom. The molecule has 0 atom stereocenters. The summed E-state index contributed by atoms with van der Waals surface area (Å²) in [6, 6.07) is 2.81. The van der Waals surface area contributed by atoms with E-state index < -0.39 is 12.7 Å². The van der Waals surface area contributed by atoms with E-state index in [9.17, 15) is 13.2 Å². The summed E-state index contributed by atoms with van der Waals surface area (Å²) in [7, 11) is 0. The van der Waals surface area contributed by atoms with E-state index in [4.69, 9.17) is 10.9 Å². The lowest BCUT2D eigenvalue weighted by Crippen LogP contribution is -2.38. The molecule has 2 rings (SSSR count). The summed E-state index contributed by atoms with van der Waals surface area (Å²) in [6.07, 6.45) is -1.58. The Labute approximate surface area is 107 Å². The van der Waals surface area contributed by atoms with Crippen molar-refractivity contribution in [2.75, 3.05) is 11.4 Å². The standard InChI is InChI=1S/C11H13F3N4O/c12-11(13,14)6-18(7-3-4-7)10-8(9(15)17-19)2-1-5-16-10/h1-2,5,7,19H,3-4,6H2,(H2,15,17). The zero-order chi connectivity index (χ0) is 14.0. The van der Waals surface area contributed by atoms with Gasteiger partial charge in [0.05, 0.1) is 5.56 Å². The highest BCUT2D eigenvalue weighted by molar-refractivity contribution is 6.01. The number of nitrogens with two attached hydrogens (primary N) is 1. The Bertz CT molecular complexity index is 485. The van der Waals surface area contributed by atoms with Gasteiger partial charge in [0.1, 0.15) is 12.4 Å². The van der Waals surface area contributed by atoms with Crippen LogP contribution in [-0.2, 0) is 0 Å². The first-order valence-corrected chi connectivity index (χ1v) is 5.68. The average molecular weight is 274 g/mol. The lowest BCUT2D eigenvalue weighted by atomic mass is 10.2. The molecule has 5 nitrogen and oxygen atoms in total. The van der Waals surface area contributed by atoms with Gasteiger partial charge < -0.3 is 15.8 Å². The molecule has 0 spiro atoms. The van der Waals surface area contributed by atoms with Crippen LogP contribution < -0.4 is 10.6 Å². The second-order valence-electron chi connectivity index (χ2n) is 4.33. The molecule has 0 bridgehead atoms. The van der Waals surface area contributed by atoms with Crippen molar-refractivity contribution in [2.45, 2.75) is 25.1 Å². The summed E-state index contributed by atoms with van der Waals surface area (Å²) in [6.45, 7) is -1.10. The van der Waals surface area contributed by atoms with Gasteiger partial charge in [0.25, 0.3) is 0 Å². The number of halogens is 3. The van der Waals surface area contributed by atoms with Crippen molar-refractivity contribution < 1.29 is 18.4 Å². The summed E-state index contributed by atoms with van der Waals surface area (Å²) in [5.41, 5.74) is 5.66. The maximum atomic E-state index is 12.6. The van der Waals surface area contributed by atoms with Gasteiger partial charge in [-0.15, -0.1) is 0 Å². The normalized spacial score (nSPS) is 16.5. The maximum absolute atomic E-state index is 12.6. The molecule has 1 aliphatic rings. The van der Waals surface area contributed by atoms with E-state index in [0.29, 0.717) is 12.8 Å². The fourth-order valence-electron chi connectivity index (χ4n) is 1.84. The molecule has 1 heterocycles. The van der Waals surface area contributed by atoms with Crippen LogP contribution in [0.5, 0.6) is 0 Å². The fourth-order valence-corrected chi connectivity index (χ4v) is 1.84. The van der Waals surface area contributed by atoms with E-state index in [1.807, 2.05) is 0 Å². The molecular weight excluding hydrogens is 261 g/mol. The minimum absolute atomic E-state index is 0.0950. The molecular formula is C11H13F3N4O. The molecule has 1 aromatic heterocycles. The van der Waals surface area contributed by atoms with E-state index in [-0.39, 0.29) is 23.3 Å². The van der Waals surface area contributed by atoms with Crippen molar-refractivity contribution in [3.05, 3.63) is 23.9 Å². The van der Waals surface area contributed by atoms with Gasteiger partial charge in [0.15, 0.2) is 5.84 Å². The minimum atomic E-state index is -4.33. The number of alkyl halides is 3. The van der Waals surface area contributed by atoms with Crippen LogP contribution in [0.15, 0.2) is 23.5 Å². The molecule has 0 saturated heterocycles. The zero-order valence-corrected chi connectivity index (χ0v) is 9.93. The smallest absolute Gasteiger partial charge is 0.405 e. The third kappa shape index (κ3) is 3.27. The van der Waals surface area contributed by atoms with Gasteiger partial charge >= 0.3 is 6.18 Å². The van der Waals surface area contributed by atoms with Crippen molar-refractivity contribution in [3.63, 3.8) is 0 Å². The van der Waals surface area contributed by atoms with Crippen molar-refractivity contribution in [1.82, 2.24) is 4.98 Å². The van der Waals surface area contributed by atoms with Crippen molar-refractivity contribution in [3.8, 4) is 0 Å². The highest BCUT2D eigenvalue weighted by Gasteiger charge is 2.39. The van der Waals surface area contributed by atoms with Crippen LogP contribution in [0.25, 0.3) is 0 Å². The number of nitrogens with zero attached hydrogens (tertiary/aromatic N) is 3. The molecule has 104 valence electrons. The molecule has 0 aliphatic heterocycles. The minimum Gasteiger partial charge on any atom is -0.409 e.